The van der Waals surface area contributed by atoms with E-state index in [2.05, 4.69) is 13.5 Å². The Morgan fingerprint density at radius 1 is 1.33 bits per heavy atom. The first-order valence-electron chi connectivity index (χ1n) is 5.25. The summed E-state index contributed by atoms with van der Waals surface area (Å²) in [5.41, 5.74) is 0.240. The van der Waals surface area contributed by atoms with Gasteiger partial charge in [-0.05, 0) is 12.8 Å². The van der Waals surface area contributed by atoms with Gasteiger partial charge in [-0.1, -0.05) is 19.9 Å². The molecule has 0 spiro atoms. The highest BCUT2D eigenvalue weighted by molar-refractivity contribution is 5.99. The first-order valence-corrected chi connectivity index (χ1v) is 5.25. The smallest absolute Gasteiger partial charge is 0.334 e. The molecule has 4 nitrogen and oxygen atoms in total. The van der Waals surface area contributed by atoms with Crippen LogP contribution >= 0.6 is 0 Å². The summed E-state index contributed by atoms with van der Waals surface area (Å²) < 4.78 is 10.3. The Morgan fingerprint density at radius 3 is 2.73 bits per heavy atom. The number of rotatable bonds is 3. The molecule has 3 atom stereocenters. The van der Waals surface area contributed by atoms with E-state index in [9.17, 15) is 9.59 Å². The highest BCUT2D eigenvalue weighted by Gasteiger charge is 2.54. The van der Waals surface area contributed by atoms with Gasteiger partial charge in [0.05, 0.1) is 0 Å². The van der Waals surface area contributed by atoms with E-state index in [1.54, 1.807) is 0 Å². The molecular weight excluding hydrogens is 196 g/mol. The van der Waals surface area contributed by atoms with Crippen molar-refractivity contribution in [2.24, 2.45) is 5.92 Å². The van der Waals surface area contributed by atoms with Gasteiger partial charge >= 0.3 is 11.9 Å². The Balaban J connectivity index is 2.10. The molecule has 0 unspecified atom stereocenters. The molecule has 2 rings (SSSR count). The van der Waals surface area contributed by atoms with Crippen LogP contribution in [0.15, 0.2) is 12.2 Å². The van der Waals surface area contributed by atoms with Crippen molar-refractivity contribution in [3.63, 3.8) is 0 Å². The summed E-state index contributed by atoms with van der Waals surface area (Å²) in [4.78, 5) is 22.7. The van der Waals surface area contributed by atoms with Gasteiger partial charge in [-0.15, -0.1) is 0 Å². The topological polar surface area (TPSA) is 52.6 Å². The van der Waals surface area contributed by atoms with Crippen LogP contribution < -0.4 is 0 Å². The molecule has 82 valence electrons. The molecule has 2 fully saturated rings. The first-order chi connectivity index (χ1) is 7.15. The van der Waals surface area contributed by atoms with Crippen molar-refractivity contribution in [2.45, 2.75) is 38.4 Å². The summed E-state index contributed by atoms with van der Waals surface area (Å²) in [6.07, 6.45) is 2.05. The van der Waals surface area contributed by atoms with E-state index in [0.29, 0.717) is 0 Å². The predicted octanol–water partition coefficient (Wildman–Crippen LogP) is 1.20. The molecule has 2 aliphatic heterocycles. The fraction of sp³-hybridized carbons (Fsp3) is 0.636. The average molecular weight is 210 g/mol. The third-order valence-corrected chi connectivity index (χ3v) is 2.94. The number of hydrogen-bond acceptors (Lipinski definition) is 4. The second kappa shape index (κ2) is 3.68. The zero-order valence-electron chi connectivity index (χ0n) is 8.69. The van der Waals surface area contributed by atoms with Gasteiger partial charge in [0.2, 0.25) is 0 Å². The Morgan fingerprint density at radius 2 is 2.07 bits per heavy atom. The van der Waals surface area contributed by atoms with Crippen molar-refractivity contribution in [2.75, 3.05) is 0 Å². The van der Waals surface area contributed by atoms with Crippen molar-refractivity contribution in [3.8, 4) is 0 Å². The molecule has 2 saturated heterocycles. The lowest BCUT2D eigenvalue weighted by Gasteiger charge is -2.14. The molecule has 0 amide bonds. The molecule has 0 saturated carbocycles. The Hall–Kier alpha value is -1.32. The zero-order valence-corrected chi connectivity index (χ0v) is 8.69. The SMILES string of the molecule is C=C1C(=O)O[C@H]2[C@@H]1C(=O)O[C@H]2CCCC. The number of carbonyl (C=O) groups excluding carboxylic acids is 2. The number of esters is 2. The first kappa shape index (κ1) is 10.2. The quantitative estimate of drug-likeness (QED) is 0.519. The van der Waals surface area contributed by atoms with Crippen LogP contribution in [0.5, 0.6) is 0 Å². The lowest BCUT2D eigenvalue weighted by Crippen LogP contribution is -2.24. The average Bonchev–Trinajstić information content (AvgIpc) is 2.65. The van der Waals surface area contributed by atoms with Crippen LogP contribution in [-0.4, -0.2) is 24.1 Å². The number of ether oxygens (including phenoxy) is 2. The van der Waals surface area contributed by atoms with Gasteiger partial charge in [-0.3, -0.25) is 4.79 Å². The highest BCUT2D eigenvalue weighted by Crippen LogP contribution is 2.38. The van der Waals surface area contributed by atoms with Crippen LogP contribution in [0.2, 0.25) is 0 Å². The summed E-state index contributed by atoms with van der Waals surface area (Å²) in [6, 6.07) is 0. The van der Waals surface area contributed by atoms with Gasteiger partial charge < -0.3 is 9.47 Å². The summed E-state index contributed by atoms with van der Waals surface area (Å²) in [6.45, 7) is 5.63. The van der Waals surface area contributed by atoms with Crippen molar-refractivity contribution < 1.29 is 19.1 Å². The second-order valence-corrected chi connectivity index (χ2v) is 3.99. The van der Waals surface area contributed by atoms with Crippen molar-refractivity contribution in [3.05, 3.63) is 12.2 Å². The maximum Gasteiger partial charge on any atom is 0.334 e. The number of carbonyl (C=O) groups is 2. The zero-order chi connectivity index (χ0) is 11.0. The molecule has 0 bridgehead atoms. The molecule has 15 heavy (non-hydrogen) atoms. The van der Waals surface area contributed by atoms with E-state index in [0.717, 1.165) is 19.3 Å². The largest absolute Gasteiger partial charge is 0.458 e. The third kappa shape index (κ3) is 1.54. The van der Waals surface area contributed by atoms with Gasteiger partial charge in [-0.2, -0.15) is 0 Å². The Kier molecular flexibility index (Phi) is 2.50. The second-order valence-electron chi connectivity index (χ2n) is 3.99. The number of unbranched alkanes of at least 4 members (excludes halogenated alkanes) is 1. The van der Waals surface area contributed by atoms with Gasteiger partial charge in [0.25, 0.3) is 0 Å². The molecule has 2 heterocycles. The van der Waals surface area contributed by atoms with Crippen LogP contribution in [0.25, 0.3) is 0 Å². The third-order valence-electron chi connectivity index (χ3n) is 2.94. The van der Waals surface area contributed by atoms with Gasteiger partial charge in [0.1, 0.15) is 12.0 Å². The fourth-order valence-corrected chi connectivity index (χ4v) is 2.08. The van der Waals surface area contributed by atoms with Crippen molar-refractivity contribution in [1.82, 2.24) is 0 Å². The summed E-state index contributed by atoms with van der Waals surface area (Å²) in [7, 11) is 0. The minimum atomic E-state index is -0.556. The number of fused-ring (bicyclic) bond motifs is 1. The molecule has 0 aromatic rings. The van der Waals surface area contributed by atoms with Crippen molar-refractivity contribution >= 4 is 11.9 Å². The molecule has 4 heteroatoms. The lowest BCUT2D eigenvalue weighted by atomic mass is 9.95. The van der Waals surface area contributed by atoms with Gasteiger partial charge in [-0.25, -0.2) is 4.79 Å². The summed E-state index contributed by atoms with van der Waals surface area (Å²) >= 11 is 0. The standard InChI is InChI=1S/C11H14O4/c1-3-4-5-7-9-8(11(13)14-7)6(2)10(12)15-9/h7-9H,2-5H2,1H3/t7-,8+,9+/m0/s1. The van der Waals surface area contributed by atoms with Gasteiger partial charge in [0.15, 0.2) is 6.10 Å². The molecular formula is C11H14O4. The summed E-state index contributed by atoms with van der Waals surface area (Å²) in [5, 5.41) is 0. The van der Waals surface area contributed by atoms with E-state index in [-0.39, 0.29) is 17.6 Å². The molecule has 0 N–H and O–H groups in total. The van der Waals surface area contributed by atoms with Crippen LogP contribution in [0, 0.1) is 5.92 Å². The van der Waals surface area contributed by atoms with E-state index >= 15 is 0 Å². The van der Waals surface area contributed by atoms with E-state index < -0.39 is 18.0 Å². The van der Waals surface area contributed by atoms with E-state index in [1.165, 1.54) is 0 Å². The molecule has 0 aliphatic carbocycles. The monoisotopic (exact) mass is 210 g/mol. The van der Waals surface area contributed by atoms with Crippen LogP contribution in [0.1, 0.15) is 26.2 Å². The van der Waals surface area contributed by atoms with Crippen LogP contribution in [-0.2, 0) is 19.1 Å². The minimum Gasteiger partial charge on any atom is -0.458 e. The number of cyclic esters (lactones) is 1. The normalized spacial score (nSPS) is 33.9. The molecule has 0 radical (unpaired) electrons. The molecule has 0 aromatic carbocycles. The fourth-order valence-electron chi connectivity index (χ4n) is 2.08. The Bertz CT molecular complexity index is 321. The maximum absolute atomic E-state index is 11.5. The predicted molar refractivity (Wildman–Crippen MR) is 51.9 cm³/mol. The van der Waals surface area contributed by atoms with Crippen LogP contribution in [0.3, 0.4) is 0 Å². The molecule has 2 aliphatic rings. The maximum atomic E-state index is 11.5. The summed E-state index contributed by atoms with van der Waals surface area (Å²) in [5.74, 6) is -1.38. The molecule has 0 aromatic heterocycles. The van der Waals surface area contributed by atoms with E-state index in [4.69, 9.17) is 9.47 Å². The lowest BCUT2D eigenvalue weighted by molar-refractivity contribution is -0.149. The minimum absolute atomic E-state index is 0.240. The Labute approximate surface area is 88.2 Å². The van der Waals surface area contributed by atoms with Crippen LogP contribution in [0.4, 0.5) is 0 Å². The number of hydrogen-bond donors (Lipinski definition) is 0. The van der Waals surface area contributed by atoms with E-state index in [1.807, 2.05) is 0 Å². The van der Waals surface area contributed by atoms with Gasteiger partial charge in [0, 0.05) is 5.57 Å². The highest BCUT2D eigenvalue weighted by atomic mass is 16.6. The van der Waals surface area contributed by atoms with Crippen molar-refractivity contribution in [1.29, 1.82) is 0 Å².